The molecule has 0 unspecified atom stereocenters. The van der Waals surface area contributed by atoms with E-state index >= 15 is 0 Å². The quantitative estimate of drug-likeness (QED) is 0.560. The molecule has 0 atom stereocenters. The summed E-state index contributed by atoms with van der Waals surface area (Å²) in [5.74, 6) is 1.71. The molecule has 3 heterocycles. The number of benzene rings is 2. The third kappa shape index (κ3) is 5.60. The van der Waals surface area contributed by atoms with Crippen LogP contribution in [-0.4, -0.2) is 53.8 Å². The SMILES string of the molecule is O.O.c1csc(NSc2ccc(N3CCN(Cc4ccc5c(c4)OCO5)CC3)cc2)n1. The molecule has 0 amide bonds. The van der Waals surface area contributed by atoms with Gasteiger partial charge in [-0.1, -0.05) is 6.07 Å². The minimum Gasteiger partial charge on any atom is -0.454 e. The highest BCUT2D eigenvalue weighted by molar-refractivity contribution is 8.00. The van der Waals surface area contributed by atoms with Crippen molar-refractivity contribution in [3.05, 3.63) is 59.6 Å². The highest BCUT2D eigenvalue weighted by atomic mass is 32.2. The highest BCUT2D eigenvalue weighted by Gasteiger charge is 2.19. The van der Waals surface area contributed by atoms with Crippen LogP contribution >= 0.6 is 23.3 Å². The van der Waals surface area contributed by atoms with Crippen molar-refractivity contribution in [2.24, 2.45) is 0 Å². The predicted molar refractivity (Wildman–Crippen MR) is 125 cm³/mol. The van der Waals surface area contributed by atoms with Crippen LogP contribution in [0, 0.1) is 0 Å². The van der Waals surface area contributed by atoms with E-state index in [9.17, 15) is 0 Å². The Labute approximate surface area is 189 Å². The van der Waals surface area contributed by atoms with Crippen LogP contribution in [-0.2, 0) is 6.54 Å². The normalized spacial score (nSPS) is 15.2. The Morgan fingerprint density at radius 2 is 1.74 bits per heavy atom. The zero-order valence-electron chi connectivity index (χ0n) is 16.9. The van der Waals surface area contributed by atoms with Crippen molar-refractivity contribution < 1.29 is 20.4 Å². The highest BCUT2D eigenvalue weighted by Crippen LogP contribution is 2.33. The lowest BCUT2D eigenvalue weighted by Crippen LogP contribution is -2.45. The lowest BCUT2D eigenvalue weighted by molar-refractivity contribution is 0.174. The maximum atomic E-state index is 5.49. The minimum atomic E-state index is 0. The van der Waals surface area contributed by atoms with Gasteiger partial charge in [0.25, 0.3) is 0 Å². The first-order chi connectivity index (χ1) is 14.3. The number of thiazole rings is 1. The second-order valence-electron chi connectivity index (χ2n) is 6.99. The second kappa shape index (κ2) is 10.7. The van der Waals surface area contributed by atoms with Crippen molar-refractivity contribution in [3.8, 4) is 11.5 Å². The number of ether oxygens (including phenoxy) is 2. The van der Waals surface area contributed by atoms with Gasteiger partial charge in [0.05, 0.1) is 0 Å². The van der Waals surface area contributed by atoms with Crippen LogP contribution in [0.5, 0.6) is 11.5 Å². The summed E-state index contributed by atoms with van der Waals surface area (Å²) < 4.78 is 14.2. The monoisotopic (exact) mass is 462 g/mol. The number of nitrogens with one attached hydrogen (secondary N) is 1. The van der Waals surface area contributed by atoms with Crippen molar-refractivity contribution in [1.82, 2.24) is 9.88 Å². The van der Waals surface area contributed by atoms with E-state index in [1.54, 1.807) is 23.3 Å². The lowest BCUT2D eigenvalue weighted by Gasteiger charge is -2.36. The van der Waals surface area contributed by atoms with Gasteiger partial charge in [0.2, 0.25) is 6.79 Å². The number of fused-ring (bicyclic) bond motifs is 1. The van der Waals surface area contributed by atoms with Crippen molar-refractivity contribution in [1.29, 1.82) is 0 Å². The fraction of sp³-hybridized carbons (Fsp3) is 0.286. The van der Waals surface area contributed by atoms with Gasteiger partial charge in [-0.15, -0.1) is 11.3 Å². The molecule has 1 aromatic heterocycles. The van der Waals surface area contributed by atoms with Crippen LogP contribution in [0.15, 0.2) is 58.9 Å². The lowest BCUT2D eigenvalue weighted by atomic mass is 10.1. The Kier molecular flexibility index (Phi) is 7.99. The van der Waals surface area contributed by atoms with E-state index in [0.717, 1.165) is 49.4 Å². The van der Waals surface area contributed by atoms with E-state index in [-0.39, 0.29) is 11.0 Å². The molecule has 5 rings (SSSR count). The molecule has 0 aliphatic carbocycles. The molecular weight excluding hydrogens is 436 g/mol. The average Bonchev–Trinajstić information content (AvgIpc) is 3.45. The van der Waals surface area contributed by atoms with Crippen molar-refractivity contribution >= 4 is 34.1 Å². The van der Waals surface area contributed by atoms with Crippen molar-refractivity contribution in [3.63, 3.8) is 0 Å². The first-order valence-corrected chi connectivity index (χ1v) is 11.3. The number of piperazine rings is 1. The maximum Gasteiger partial charge on any atom is 0.231 e. The number of nitrogens with zero attached hydrogens (tertiary/aromatic N) is 3. The van der Waals surface area contributed by atoms with Gasteiger partial charge in [0.1, 0.15) is 0 Å². The standard InChI is InChI=1S/C21H22N4O2S2.2H2O/c1-6-19-20(27-15-26-19)13-16(1)14-24-8-10-25(11-9-24)17-2-4-18(5-3-17)29-23-21-22-7-12-28-21;;/h1-7,12-13H,8-11,14-15H2,(H,22,23);2*1H2. The molecule has 3 aromatic rings. The molecular formula is C21H26N4O4S2. The summed E-state index contributed by atoms with van der Waals surface area (Å²) in [6, 6.07) is 15.0. The van der Waals surface area contributed by atoms with Crippen LogP contribution in [0.4, 0.5) is 10.8 Å². The molecule has 2 aromatic carbocycles. The Morgan fingerprint density at radius 1 is 0.968 bits per heavy atom. The minimum absolute atomic E-state index is 0. The average molecular weight is 463 g/mol. The van der Waals surface area contributed by atoms with Gasteiger partial charge in [0, 0.05) is 54.9 Å². The summed E-state index contributed by atoms with van der Waals surface area (Å²) in [5, 5.41) is 2.90. The summed E-state index contributed by atoms with van der Waals surface area (Å²) >= 11 is 3.20. The van der Waals surface area contributed by atoms with E-state index < -0.39 is 0 Å². The Hall–Kier alpha value is -2.50. The molecule has 2 aliphatic rings. The Bertz CT molecular complexity index is 949. The van der Waals surface area contributed by atoms with Crippen molar-refractivity contribution in [2.75, 3.05) is 42.6 Å². The fourth-order valence-electron chi connectivity index (χ4n) is 3.56. The smallest absolute Gasteiger partial charge is 0.231 e. The number of hydrogen-bond donors (Lipinski definition) is 1. The first kappa shape index (κ1) is 23.2. The van der Waals surface area contributed by atoms with Crippen LogP contribution < -0.4 is 19.1 Å². The van der Waals surface area contributed by atoms with Gasteiger partial charge in [-0.3, -0.25) is 4.90 Å². The van der Waals surface area contributed by atoms with E-state index in [0.29, 0.717) is 6.79 Å². The molecule has 31 heavy (non-hydrogen) atoms. The third-order valence-corrected chi connectivity index (χ3v) is 6.73. The van der Waals surface area contributed by atoms with E-state index in [2.05, 4.69) is 55.9 Å². The van der Waals surface area contributed by atoms with E-state index in [4.69, 9.17) is 9.47 Å². The fourth-order valence-corrected chi connectivity index (χ4v) is 4.78. The summed E-state index contributed by atoms with van der Waals surface area (Å²) in [6.07, 6.45) is 1.81. The summed E-state index contributed by atoms with van der Waals surface area (Å²) in [7, 11) is 0. The topological polar surface area (TPSA) is 113 Å². The summed E-state index contributed by atoms with van der Waals surface area (Å²) in [6.45, 7) is 5.45. The zero-order valence-corrected chi connectivity index (χ0v) is 18.5. The molecule has 166 valence electrons. The third-order valence-electron chi connectivity index (χ3n) is 5.11. The van der Waals surface area contributed by atoms with Crippen molar-refractivity contribution in [2.45, 2.75) is 11.4 Å². The van der Waals surface area contributed by atoms with Gasteiger partial charge in [0.15, 0.2) is 16.6 Å². The Balaban J connectivity index is 0.00000136. The van der Waals surface area contributed by atoms with Crippen LogP contribution in [0.2, 0.25) is 0 Å². The molecule has 0 spiro atoms. The molecule has 0 bridgehead atoms. The van der Waals surface area contributed by atoms with E-state index in [1.165, 1.54) is 16.1 Å². The number of rotatable bonds is 6. The molecule has 5 N–H and O–H groups in total. The molecule has 1 saturated heterocycles. The largest absolute Gasteiger partial charge is 0.454 e. The summed E-state index contributed by atoms with van der Waals surface area (Å²) in [5.41, 5.74) is 2.56. The van der Waals surface area contributed by atoms with Gasteiger partial charge in [-0.2, -0.15) is 0 Å². The second-order valence-corrected chi connectivity index (χ2v) is 8.76. The van der Waals surface area contributed by atoms with E-state index in [1.807, 2.05) is 17.6 Å². The van der Waals surface area contributed by atoms with Gasteiger partial charge in [-0.05, 0) is 53.9 Å². The predicted octanol–water partition coefficient (Wildman–Crippen LogP) is 2.66. The van der Waals surface area contributed by atoms with Crippen LogP contribution in [0.1, 0.15) is 5.56 Å². The van der Waals surface area contributed by atoms with Crippen LogP contribution in [0.25, 0.3) is 0 Å². The number of hydrogen-bond acceptors (Lipinski definition) is 8. The number of anilines is 2. The maximum absolute atomic E-state index is 5.49. The molecule has 10 heteroatoms. The Morgan fingerprint density at radius 3 is 2.48 bits per heavy atom. The molecule has 0 saturated carbocycles. The molecule has 0 radical (unpaired) electrons. The number of aromatic nitrogens is 1. The zero-order chi connectivity index (χ0) is 19.5. The van der Waals surface area contributed by atoms with Gasteiger partial charge in [-0.25, -0.2) is 4.98 Å². The van der Waals surface area contributed by atoms with Gasteiger partial charge >= 0.3 is 0 Å². The summed E-state index contributed by atoms with van der Waals surface area (Å²) in [4.78, 5) is 10.4. The van der Waals surface area contributed by atoms with Crippen LogP contribution in [0.3, 0.4) is 0 Å². The molecule has 1 fully saturated rings. The van der Waals surface area contributed by atoms with Gasteiger partial charge < -0.3 is 30.0 Å². The molecule has 8 nitrogen and oxygen atoms in total. The molecule has 2 aliphatic heterocycles. The first-order valence-electron chi connectivity index (χ1n) is 9.62.